The van der Waals surface area contributed by atoms with Gasteiger partial charge in [-0.3, -0.25) is 0 Å². The minimum absolute atomic E-state index is 0.432. The summed E-state index contributed by atoms with van der Waals surface area (Å²) >= 11 is 1.26. The topological polar surface area (TPSA) is 51.8 Å². The van der Waals surface area contributed by atoms with Gasteiger partial charge in [-0.25, -0.2) is 9.97 Å². The highest BCUT2D eigenvalue weighted by molar-refractivity contribution is 7.17. The van der Waals surface area contributed by atoms with E-state index < -0.39 is 0 Å². The molecule has 2 heterocycles. The smallest absolute Gasteiger partial charge is 0.158 e. The summed E-state index contributed by atoms with van der Waals surface area (Å²) in [6.45, 7) is 0. The van der Waals surface area contributed by atoms with Gasteiger partial charge in [0.15, 0.2) is 1.41 Å². The first kappa shape index (κ1) is 3.88. The van der Waals surface area contributed by atoms with E-state index in [-0.39, 0.29) is 0 Å². The predicted molar refractivity (Wildman–Crippen MR) is 41.8 cm³/mol. The van der Waals surface area contributed by atoms with Gasteiger partial charge in [0.05, 0.1) is 11.6 Å². The van der Waals surface area contributed by atoms with Crippen molar-refractivity contribution in [2.45, 2.75) is 0 Å². The van der Waals surface area contributed by atoms with Crippen molar-refractivity contribution in [2.75, 3.05) is 5.73 Å². The summed E-state index contributed by atoms with van der Waals surface area (Å²) in [5.41, 5.74) is 2.93. The van der Waals surface area contributed by atoms with Gasteiger partial charge < -0.3 is 5.73 Å². The molecule has 0 spiro atoms. The van der Waals surface area contributed by atoms with Crippen molar-refractivity contribution in [3.63, 3.8) is 0 Å². The largest absolute Gasteiger partial charge is 0.382 e. The van der Waals surface area contributed by atoms with Crippen molar-refractivity contribution < 1.29 is 2.78 Å². The second-order valence-corrected chi connectivity index (χ2v) is 2.65. The van der Waals surface area contributed by atoms with Crippen molar-refractivity contribution in [3.8, 4) is 0 Å². The summed E-state index contributed by atoms with van der Waals surface area (Å²) in [4.78, 5) is 7.82. The Labute approximate surface area is 64.4 Å². The van der Waals surface area contributed by atoms with E-state index in [4.69, 9.17) is 2.78 Å². The molecule has 0 aliphatic carbocycles. The van der Waals surface area contributed by atoms with Crippen LogP contribution in [0.5, 0.6) is 0 Å². The van der Waals surface area contributed by atoms with Crippen LogP contribution in [-0.4, -0.2) is 9.97 Å². The van der Waals surface area contributed by atoms with Crippen LogP contribution >= 0.6 is 11.3 Å². The summed E-state index contributed by atoms with van der Waals surface area (Å²) in [5, 5.41) is 0.432. The molecule has 3 nitrogen and oxygen atoms in total. The summed E-state index contributed by atoms with van der Waals surface area (Å²) in [7, 11) is 0. The Morgan fingerprint density at radius 1 is 1.70 bits per heavy atom. The van der Waals surface area contributed by atoms with Crippen LogP contribution in [-0.2, 0) is 0 Å². The molecule has 0 unspecified atom stereocenters. The van der Waals surface area contributed by atoms with Crippen molar-refractivity contribution in [2.24, 2.45) is 0 Å². The van der Waals surface area contributed by atoms with Gasteiger partial charge in [0.1, 0.15) is 12.1 Å². The molecule has 50 valence electrons. The Morgan fingerprint density at radius 3 is 3.60 bits per heavy atom. The predicted octanol–water partition coefficient (Wildman–Crippen LogP) is 1.27. The van der Waals surface area contributed by atoms with Crippen molar-refractivity contribution in [1.29, 1.82) is 0 Å². The zero-order valence-corrected chi connectivity index (χ0v) is 5.77. The lowest BCUT2D eigenvalue weighted by Gasteiger charge is -1.90. The number of aromatic nitrogens is 2. The van der Waals surface area contributed by atoms with Crippen LogP contribution < -0.4 is 5.73 Å². The second kappa shape index (κ2) is 1.91. The molecule has 0 amide bonds. The fourth-order valence-corrected chi connectivity index (χ4v) is 1.39. The number of hydrogen-bond acceptors (Lipinski definition) is 4. The normalized spacial score (nSPS) is 12.8. The molecule has 10 heavy (non-hydrogen) atoms. The standard InChI is InChI=1S/C6H5N3S/c7-6-5-4(1-2-10-5)8-3-9-6/h1-3H,(H2,7,8,9)/i2D/hD. The molecule has 2 N–H and O–H groups in total. The van der Waals surface area contributed by atoms with Gasteiger partial charge in [0, 0.05) is 0 Å². The van der Waals surface area contributed by atoms with Gasteiger partial charge in [-0.05, 0) is 11.4 Å². The molecule has 0 aromatic carbocycles. The maximum atomic E-state index is 7.36. The fraction of sp³-hybridized carbons (Fsp3) is 0. The van der Waals surface area contributed by atoms with E-state index in [0.29, 0.717) is 11.2 Å². The first-order valence-electron chi connectivity index (χ1n) is 3.70. The molecular weight excluding hydrogens is 146 g/mol. The minimum Gasteiger partial charge on any atom is -0.382 e. The number of anilines is 1. The molecule has 0 saturated heterocycles. The van der Waals surface area contributed by atoms with Gasteiger partial charge in [-0.2, -0.15) is 0 Å². The quantitative estimate of drug-likeness (QED) is 0.671. The van der Waals surface area contributed by atoms with Gasteiger partial charge in [0.2, 0.25) is 0 Å². The molecule has 2 aromatic rings. The van der Waals surface area contributed by atoms with Crippen LogP contribution in [0.15, 0.2) is 17.7 Å². The third-order valence-corrected chi connectivity index (χ3v) is 2.03. The van der Waals surface area contributed by atoms with Crippen molar-refractivity contribution in [1.82, 2.24) is 9.97 Å². The molecular formula is C6H5N3S. The average Bonchev–Trinajstić information content (AvgIpc) is 2.44. The molecule has 2 rings (SSSR count). The van der Waals surface area contributed by atoms with E-state index in [1.54, 1.807) is 6.07 Å². The first-order valence-corrected chi connectivity index (χ1v) is 3.52. The number of hydrogen-bond donors (Lipinski definition) is 1. The Balaban J connectivity index is 2.78. The average molecular weight is 153 g/mol. The molecule has 0 atom stereocenters. The number of nitrogen functional groups attached to an aromatic ring is 1. The van der Waals surface area contributed by atoms with Gasteiger partial charge in [-0.1, -0.05) is 0 Å². The van der Waals surface area contributed by atoms with E-state index in [1.165, 1.54) is 17.7 Å². The zero-order valence-electron chi connectivity index (χ0n) is 6.96. The van der Waals surface area contributed by atoms with Gasteiger partial charge in [-0.15, -0.1) is 11.3 Å². The van der Waals surface area contributed by atoms with Crippen LogP contribution in [0, 0.1) is 0 Å². The highest BCUT2D eigenvalue weighted by Gasteiger charge is 1.98. The first-order chi connectivity index (χ1) is 5.81. The van der Waals surface area contributed by atoms with E-state index in [9.17, 15) is 0 Å². The maximum absolute atomic E-state index is 7.36. The highest BCUT2D eigenvalue weighted by Crippen LogP contribution is 2.21. The van der Waals surface area contributed by atoms with E-state index in [1.807, 2.05) is 0 Å². The Kier molecular flexibility index (Phi) is 0.742. The summed E-state index contributed by atoms with van der Waals surface area (Å²) < 4.78 is 15.1. The number of nitrogens with zero attached hydrogens (tertiary/aromatic N) is 2. The number of nitrogens with two attached hydrogens (primary N) is 1. The zero-order chi connectivity index (χ0) is 8.55. The molecule has 0 bridgehead atoms. The number of fused-ring (bicyclic) bond motifs is 1. The molecule has 2 aromatic heterocycles. The van der Waals surface area contributed by atoms with Gasteiger partial charge >= 0.3 is 0 Å². The molecule has 0 aliphatic heterocycles. The Morgan fingerprint density at radius 2 is 2.70 bits per heavy atom. The molecule has 0 saturated carbocycles. The van der Waals surface area contributed by atoms with Crippen molar-refractivity contribution >= 4 is 27.4 Å². The van der Waals surface area contributed by atoms with Gasteiger partial charge in [0.25, 0.3) is 0 Å². The number of thiophene rings is 1. The summed E-state index contributed by atoms with van der Waals surface area (Å²) in [6.07, 6.45) is 1.38. The lowest BCUT2D eigenvalue weighted by molar-refractivity contribution is 1.24. The van der Waals surface area contributed by atoms with Crippen molar-refractivity contribution in [3.05, 3.63) is 17.7 Å². The van der Waals surface area contributed by atoms with E-state index in [2.05, 4.69) is 15.7 Å². The molecule has 0 radical (unpaired) electrons. The van der Waals surface area contributed by atoms with Crippen LogP contribution in [0.4, 0.5) is 5.82 Å². The molecule has 0 fully saturated rings. The fourth-order valence-electron chi connectivity index (χ4n) is 0.735. The monoisotopic (exact) mass is 153 g/mol. The Hall–Kier alpha value is -1.16. The second-order valence-electron chi connectivity index (χ2n) is 1.80. The third-order valence-electron chi connectivity index (χ3n) is 1.19. The number of rotatable bonds is 1. The summed E-state index contributed by atoms with van der Waals surface area (Å²) in [5.74, 6) is 0.462. The lowest BCUT2D eigenvalue weighted by Crippen LogP contribution is -1.89. The highest BCUT2D eigenvalue weighted by atomic mass is 32.1. The minimum atomic E-state index is 0.432. The summed E-state index contributed by atoms with van der Waals surface area (Å²) in [6, 6.07) is 1.66. The van der Waals surface area contributed by atoms with Crippen LogP contribution in [0.25, 0.3) is 10.2 Å². The van der Waals surface area contributed by atoms with E-state index >= 15 is 0 Å². The lowest BCUT2D eigenvalue weighted by atomic mass is 10.4. The SMILES string of the molecule is [2H]Nc1ncnc2cc([2H])sc12. The van der Waals surface area contributed by atoms with E-state index in [0.717, 1.165) is 10.2 Å². The Bertz CT molecular complexity index is 414. The third kappa shape index (κ3) is 0.657. The van der Waals surface area contributed by atoms with Crippen LogP contribution in [0.1, 0.15) is 1.37 Å². The molecule has 0 aliphatic rings. The maximum Gasteiger partial charge on any atom is 0.158 e. The van der Waals surface area contributed by atoms with Crippen LogP contribution in [0.2, 0.25) is 1.41 Å². The van der Waals surface area contributed by atoms with Crippen LogP contribution in [0.3, 0.4) is 0 Å². The molecule has 4 heteroatoms.